The van der Waals surface area contributed by atoms with Crippen LogP contribution in [0.1, 0.15) is 25.6 Å². The number of hydrogen-bond acceptors (Lipinski definition) is 5. The number of rotatable bonds is 4. The van der Waals surface area contributed by atoms with E-state index in [4.69, 9.17) is 0 Å². The average molecular weight is 266 g/mol. The Balaban J connectivity index is 2.13. The molecule has 0 bridgehead atoms. The lowest BCUT2D eigenvalue weighted by Gasteiger charge is -2.32. The molecule has 1 N–H and O–H groups in total. The lowest BCUT2D eigenvalue weighted by molar-refractivity contribution is 0.585. The largest absolute Gasteiger partial charge is 0.373 e. The summed E-state index contributed by atoms with van der Waals surface area (Å²) in [4.78, 5) is 11.5. The standard InChI is InChI=1S/C13H22N4S/c1-4-11-15-12(14-2)9-13(16-11)17-7-5-10(18-3)6-8-17/h9-10H,4-8H2,1-3H3,(H,14,15,16). The minimum Gasteiger partial charge on any atom is -0.373 e. The highest BCUT2D eigenvalue weighted by Gasteiger charge is 2.20. The first-order valence-corrected chi connectivity index (χ1v) is 7.89. The van der Waals surface area contributed by atoms with Gasteiger partial charge < -0.3 is 10.2 Å². The van der Waals surface area contributed by atoms with E-state index >= 15 is 0 Å². The second-order valence-corrected chi connectivity index (χ2v) is 5.69. The van der Waals surface area contributed by atoms with Gasteiger partial charge in [-0.15, -0.1) is 0 Å². The number of aromatic nitrogens is 2. The van der Waals surface area contributed by atoms with Crippen molar-refractivity contribution in [2.75, 3.05) is 36.6 Å². The number of nitrogens with one attached hydrogen (secondary N) is 1. The Labute approximate surface area is 114 Å². The number of thioether (sulfide) groups is 1. The molecule has 0 spiro atoms. The molecule has 2 rings (SSSR count). The van der Waals surface area contributed by atoms with Gasteiger partial charge in [-0.25, -0.2) is 9.97 Å². The Hall–Kier alpha value is -0.970. The van der Waals surface area contributed by atoms with Gasteiger partial charge in [0, 0.05) is 37.9 Å². The van der Waals surface area contributed by atoms with E-state index < -0.39 is 0 Å². The van der Waals surface area contributed by atoms with Gasteiger partial charge in [0.25, 0.3) is 0 Å². The van der Waals surface area contributed by atoms with Crippen molar-refractivity contribution >= 4 is 23.4 Å². The topological polar surface area (TPSA) is 41.1 Å². The van der Waals surface area contributed by atoms with Crippen molar-refractivity contribution in [3.05, 3.63) is 11.9 Å². The molecule has 1 fully saturated rings. The molecule has 5 heteroatoms. The Bertz CT molecular complexity index is 366. The molecule has 0 saturated carbocycles. The lowest BCUT2D eigenvalue weighted by atomic mass is 10.1. The molecule has 1 aliphatic heterocycles. The molecule has 1 aliphatic rings. The second-order valence-electron chi connectivity index (χ2n) is 4.55. The Kier molecular flexibility index (Phi) is 4.69. The molecule has 0 radical (unpaired) electrons. The zero-order chi connectivity index (χ0) is 13.0. The summed E-state index contributed by atoms with van der Waals surface area (Å²) in [7, 11) is 1.91. The van der Waals surface area contributed by atoms with Crippen LogP contribution in [-0.4, -0.2) is 41.6 Å². The van der Waals surface area contributed by atoms with E-state index in [0.717, 1.165) is 42.2 Å². The number of nitrogens with zero attached hydrogens (tertiary/aromatic N) is 3. The van der Waals surface area contributed by atoms with Gasteiger partial charge in [-0.2, -0.15) is 11.8 Å². The third kappa shape index (κ3) is 3.07. The summed E-state index contributed by atoms with van der Waals surface area (Å²) < 4.78 is 0. The quantitative estimate of drug-likeness (QED) is 0.906. The number of aryl methyl sites for hydroxylation is 1. The van der Waals surface area contributed by atoms with Crippen LogP contribution in [0.15, 0.2) is 6.07 Å². The fourth-order valence-electron chi connectivity index (χ4n) is 2.25. The first-order valence-electron chi connectivity index (χ1n) is 6.60. The second kappa shape index (κ2) is 6.27. The molecular weight excluding hydrogens is 244 g/mol. The van der Waals surface area contributed by atoms with Crippen molar-refractivity contribution in [1.29, 1.82) is 0 Å². The third-order valence-corrected chi connectivity index (χ3v) is 4.57. The highest BCUT2D eigenvalue weighted by atomic mass is 32.2. The van der Waals surface area contributed by atoms with E-state index in [0.29, 0.717) is 0 Å². The number of hydrogen-bond donors (Lipinski definition) is 1. The summed E-state index contributed by atoms with van der Waals surface area (Å²) in [5, 5.41) is 3.94. The summed E-state index contributed by atoms with van der Waals surface area (Å²) in [6.45, 7) is 4.31. The van der Waals surface area contributed by atoms with Crippen LogP contribution < -0.4 is 10.2 Å². The van der Waals surface area contributed by atoms with Crippen molar-refractivity contribution < 1.29 is 0 Å². The molecule has 0 unspecified atom stereocenters. The lowest BCUT2D eigenvalue weighted by Crippen LogP contribution is -2.35. The minimum atomic E-state index is 0.817. The summed E-state index contributed by atoms with van der Waals surface area (Å²) >= 11 is 1.99. The fourth-order valence-corrected chi connectivity index (χ4v) is 2.93. The van der Waals surface area contributed by atoms with Crippen molar-refractivity contribution in [3.63, 3.8) is 0 Å². The molecule has 1 saturated heterocycles. The Morgan fingerprint density at radius 3 is 2.67 bits per heavy atom. The highest BCUT2D eigenvalue weighted by molar-refractivity contribution is 7.99. The van der Waals surface area contributed by atoms with Crippen LogP contribution >= 0.6 is 11.8 Å². The SMILES string of the molecule is CCc1nc(NC)cc(N2CCC(SC)CC2)n1. The summed E-state index contributed by atoms with van der Waals surface area (Å²) in [5.74, 6) is 2.92. The predicted molar refractivity (Wildman–Crippen MR) is 79.7 cm³/mol. The Morgan fingerprint density at radius 1 is 1.39 bits per heavy atom. The number of piperidine rings is 1. The van der Waals surface area contributed by atoms with Crippen LogP contribution in [0.4, 0.5) is 11.6 Å². The molecule has 100 valence electrons. The minimum absolute atomic E-state index is 0.817. The molecular formula is C13H22N4S. The van der Waals surface area contributed by atoms with Crippen molar-refractivity contribution in [3.8, 4) is 0 Å². The van der Waals surface area contributed by atoms with Crippen molar-refractivity contribution in [2.45, 2.75) is 31.4 Å². The van der Waals surface area contributed by atoms with Gasteiger partial charge in [-0.3, -0.25) is 0 Å². The zero-order valence-corrected chi connectivity index (χ0v) is 12.3. The average Bonchev–Trinajstić information content (AvgIpc) is 2.46. The van der Waals surface area contributed by atoms with Crippen LogP contribution in [0.25, 0.3) is 0 Å². The van der Waals surface area contributed by atoms with E-state index in [1.165, 1.54) is 12.8 Å². The van der Waals surface area contributed by atoms with Crippen LogP contribution in [0.3, 0.4) is 0 Å². The highest BCUT2D eigenvalue weighted by Crippen LogP contribution is 2.25. The van der Waals surface area contributed by atoms with E-state index in [1.54, 1.807) is 0 Å². The van der Waals surface area contributed by atoms with E-state index in [-0.39, 0.29) is 0 Å². The van der Waals surface area contributed by atoms with Crippen LogP contribution in [0, 0.1) is 0 Å². The Morgan fingerprint density at radius 2 is 2.11 bits per heavy atom. The van der Waals surface area contributed by atoms with Gasteiger partial charge in [0.05, 0.1) is 0 Å². The maximum atomic E-state index is 4.64. The maximum absolute atomic E-state index is 4.64. The normalized spacial score (nSPS) is 16.9. The molecule has 0 atom stereocenters. The molecule has 2 heterocycles. The first-order chi connectivity index (χ1) is 8.76. The van der Waals surface area contributed by atoms with E-state index in [9.17, 15) is 0 Å². The van der Waals surface area contributed by atoms with Crippen molar-refractivity contribution in [2.24, 2.45) is 0 Å². The monoisotopic (exact) mass is 266 g/mol. The maximum Gasteiger partial charge on any atom is 0.134 e. The molecule has 0 amide bonds. The van der Waals surface area contributed by atoms with Gasteiger partial charge in [-0.1, -0.05) is 6.92 Å². The number of anilines is 2. The fraction of sp³-hybridized carbons (Fsp3) is 0.692. The molecule has 1 aromatic heterocycles. The van der Waals surface area contributed by atoms with Gasteiger partial charge in [0.2, 0.25) is 0 Å². The molecule has 18 heavy (non-hydrogen) atoms. The van der Waals surface area contributed by atoms with Gasteiger partial charge in [-0.05, 0) is 19.1 Å². The first kappa shape index (κ1) is 13.5. The van der Waals surface area contributed by atoms with E-state index in [1.807, 2.05) is 18.8 Å². The van der Waals surface area contributed by atoms with Crippen LogP contribution in [0.2, 0.25) is 0 Å². The predicted octanol–water partition coefficient (Wildman–Crippen LogP) is 2.41. The van der Waals surface area contributed by atoms with Crippen molar-refractivity contribution in [1.82, 2.24) is 9.97 Å². The van der Waals surface area contributed by atoms with Gasteiger partial charge >= 0.3 is 0 Å². The molecule has 0 aromatic carbocycles. The summed E-state index contributed by atoms with van der Waals surface area (Å²) in [5.41, 5.74) is 0. The molecule has 0 aliphatic carbocycles. The van der Waals surface area contributed by atoms with Crippen LogP contribution in [-0.2, 0) is 6.42 Å². The third-order valence-electron chi connectivity index (χ3n) is 3.43. The van der Waals surface area contributed by atoms with Gasteiger partial charge in [0.1, 0.15) is 17.5 Å². The smallest absolute Gasteiger partial charge is 0.134 e. The zero-order valence-electron chi connectivity index (χ0n) is 11.4. The molecule has 1 aromatic rings. The molecule has 4 nitrogen and oxygen atoms in total. The van der Waals surface area contributed by atoms with Gasteiger partial charge in [0.15, 0.2) is 0 Å². The summed E-state index contributed by atoms with van der Waals surface area (Å²) in [6, 6.07) is 2.05. The van der Waals surface area contributed by atoms with E-state index in [2.05, 4.69) is 39.4 Å². The summed E-state index contributed by atoms with van der Waals surface area (Å²) in [6.07, 6.45) is 5.59. The van der Waals surface area contributed by atoms with Crippen LogP contribution in [0.5, 0.6) is 0 Å².